The Balaban J connectivity index is 0.000000205. The quantitative estimate of drug-likeness (QED) is 0.131. The molecular weight excluding hydrogens is 1080 g/mol. The second-order valence-electron chi connectivity index (χ2n) is 23.1. The molecule has 4 atom stereocenters. The molecule has 2 aromatic heterocycles. The summed E-state index contributed by atoms with van der Waals surface area (Å²) >= 11 is 0. The van der Waals surface area contributed by atoms with Crippen LogP contribution < -0.4 is 39.0 Å². The van der Waals surface area contributed by atoms with Gasteiger partial charge in [0.1, 0.15) is 25.0 Å². The normalized spacial score (nSPS) is 26.4. The molecule has 4 aromatic carbocycles. The van der Waals surface area contributed by atoms with Crippen molar-refractivity contribution in [1.82, 2.24) is 29.7 Å². The van der Waals surface area contributed by atoms with E-state index in [9.17, 15) is 29.2 Å². The number of sulfonamides is 2. The summed E-state index contributed by atoms with van der Waals surface area (Å²) in [5, 5.41) is 0. The van der Waals surface area contributed by atoms with E-state index in [0.717, 1.165) is 33.4 Å². The smallest absolute Gasteiger partial charge is 0.488 e. The van der Waals surface area contributed by atoms with E-state index < -0.39 is 79.6 Å². The maximum Gasteiger partial charge on any atom is 1.00 e. The monoisotopic (exact) mass is 1160 g/mol. The van der Waals surface area contributed by atoms with Gasteiger partial charge in [-0.2, -0.15) is 0 Å². The molecule has 0 radical (unpaired) electrons. The van der Waals surface area contributed by atoms with Gasteiger partial charge in [0.05, 0.1) is 24.6 Å². The molecule has 12 rings (SSSR count). The van der Waals surface area contributed by atoms with Gasteiger partial charge < -0.3 is 39.2 Å². The van der Waals surface area contributed by atoms with E-state index in [-0.39, 0.29) is 119 Å². The van der Waals surface area contributed by atoms with E-state index in [4.69, 9.17) is 15.0 Å². The average molecular weight is 1160 g/mol. The largest absolute Gasteiger partial charge is 1.00 e. The van der Waals surface area contributed by atoms with Crippen molar-refractivity contribution in [2.24, 2.45) is 22.7 Å². The Labute approximate surface area is 514 Å². The summed E-state index contributed by atoms with van der Waals surface area (Å²) in [6.07, 6.45) is 0.0677. The van der Waals surface area contributed by atoms with Crippen molar-refractivity contribution in [2.75, 3.05) is 13.2 Å². The SMILES string of the molecule is C.[2H]C1(N2C(=O)c3cccc(c3)S(=O)(=O)[N-]c3nc(cc(-c4c(C)cccc4C)n3)OC[C@H]2CC(C)C)CC2(CC2)C1([2H])[2H].[2H]C1(N2C(=O)c3cccc(c3)S(=O)(=O)[N-]c3nc(cc(-c4c(C)cccc4C)n3)OC[C@H]2CC(C)C)CC2(CC2)C1([2H])[2H].[Na+]. The molecule has 2 aliphatic heterocycles. The first-order valence-corrected chi connectivity index (χ1v) is 30.2. The van der Waals surface area contributed by atoms with Crippen molar-refractivity contribution < 1.29 is 73.7 Å². The molecule has 0 saturated heterocycles. The number of aryl methyl sites for hydroxylation is 4. The number of ether oxygens (including phenoxy) is 2. The minimum absolute atomic E-state index is 0. The van der Waals surface area contributed by atoms with Crippen LogP contribution in [0, 0.1) is 50.4 Å². The molecule has 2 spiro atoms. The Bertz CT molecular complexity index is 3680. The predicted molar refractivity (Wildman–Crippen MR) is 313 cm³/mol. The third kappa shape index (κ3) is 12.8. The Hall–Kier alpha value is -5.92. The van der Waals surface area contributed by atoms with E-state index in [2.05, 4.69) is 29.4 Å². The van der Waals surface area contributed by atoms with Crippen molar-refractivity contribution in [3.63, 3.8) is 0 Å². The zero-order valence-corrected chi connectivity index (χ0v) is 50.9. The second kappa shape index (κ2) is 23.6. The standard InChI is InChI=1S/2C31H35N4O4S.CH4.Na/c2*1-19(2)13-23-18-39-27-15-26(28-20(3)7-5-8-21(28)4)32-30(33-27)34-40(37,38)25-10-6-9-22(14-25)29(36)35(23)24-16-31(17-24)11-12-31;;/h2*5-10,14-15,19,23-24H,11-13,16-18H2,1-4H3;1H4;/q2*-1;;+1/t2*23-;;/m11../s1/i2*16D2,24D;;/t2*23-,24?;;. The topological polar surface area (TPSA) is 207 Å². The number of carbonyl (C=O) groups is 2. The Morgan fingerprint density at radius 1 is 0.585 bits per heavy atom. The summed E-state index contributed by atoms with van der Waals surface area (Å²) in [5.74, 6) is -1.53. The maximum absolute atomic E-state index is 14.3. The molecule has 6 aromatic rings. The van der Waals surface area contributed by atoms with E-state index in [0.29, 0.717) is 49.9 Å². The van der Waals surface area contributed by atoms with Gasteiger partial charge in [-0.05, 0) is 196 Å². The molecular formula is C63H74N8NaO8S2-. The summed E-state index contributed by atoms with van der Waals surface area (Å²) < 4.78 is 129. The van der Waals surface area contributed by atoms with E-state index in [1.54, 1.807) is 12.1 Å². The second-order valence-corrected chi connectivity index (χ2v) is 26.3. The van der Waals surface area contributed by atoms with Crippen LogP contribution >= 0.6 is 0 Å². The molecule has 82 heavy (non-hydrogen) atoms. The van der Waals surface area contributed by atoms with Crippen molar-refractivity contribution in [2.45, 2.75) is 161 Å². The van der Waals surface area contributed by atoms with Gasteiger partial charge in [-0.3, -0.25) is 19.0 Å². The Morgan fingerprint density at radius 2 is 0.939 bits per heavy atom. The number of carbonyl (C=O) groups excluding carboxylic acids is 2. The number of fused-ring (bicyclic) bond motifs is 8. The molecule has 4 heterocycles. The molecule has 2 amide bonds. The molecule has 4 fully saturated rings. The number of amides is 2. The fourth-order valence-corrected chi connectivity index (χ4v) is 13.2. The predicted octanol–water partition coefficient (Wildman–Crippen LogP) is 10.3. The summed E-state index contributed by atoms with van der Waals surface area (Å²) in [7, 11) is -8.71. The van der Waals surface area contributed by atoms with Gasteiger partial charge >= 0.3 is 29.6 Å². The van der Waals surface area contributed by atoms with Crippen LogP contribution in [0.1, 0.15) is 150 Å². The molecule has 8 bridgehead atoms. The van der Waals surface area contributed by atoms with E-state index in [1.165, 1.54) is 58.3 Å². The van der Waals surface area contributed by atoms with E-state index in [1.807, 2.05) is 91.8 Å². The van der Waals surface area contributed by atoms with Crippen LogP contribution in [0.15, 0.2) is 107 Å². The van der Waals surface area contributed by atoms with Crippen LogP contribution in [-0.4, -0.2) is 95.7 Å². The number of benzene rings is 4. The van der Waals surface area contributed by atoms with Crippen molar-refractivity contribution in [3.05, 3.63) is 140 Å². The van der Waals surface area contributed by atoms with Gasteiger partial charge in [-0.15, -0.1) is 0 Å². The average Bonchev–Trinajstić information content (AvgIpc) is 1.47. The fourth-order valence-electron chi connectivity index (χ4n) is 11.3. The summed E-state index contributed by atoms with van der Waals surface area (Å²) in [6, 6.07) is 20.8. The van der Waals surface area contributed by atoms with Crippen molar-refractivity contribution >= 4 is 43.8 Å². The van der Waals surface area contributed by atoms with Gasteiger partial charge in [-0.25, -0.2) is 16.8 Å². The van der Waals surface area contributed by atoms with Crippen LogP contribution in [0.5, 0.6) is 11.8 Å². The van der Waals surface area contributed by atoms with Crippen LogP contribution in [0.2, 0.25) is 0 Å². The number of rotatable bonds is 8. The zero-order chi connectivity index (χ0) is 61.9. The van der Waals surface area contributed by atoms with Crippen LogP contribution in [0.4, 0.5) is 11.9 Å². The zero-order valence-electron chi connectivity index (χ0n) is 53.3. The van der Waals surface area contributed by atoms with Crippen molar-refractivity contribution in [1.29, 1.82) is 0 Å². The third-order valence-electron chi connectivity index (χ3n) is 15.6. The number of aromatic nitrogens is 4. The van der Waals surface area contributed by atoms with Crippen LogP contribution in [0.25, 0.3) is 32.0 Å². The Kier molecular flexibility index (Phi) is 15.2. The molecule has 16 nitrogen and oxygen atoms in total. The number of nitrogens with zero attached hydrogens (tertiary/aromatic N) is 8. The molecule has 428 valence electrons. The molecule has 0 N–H and O–H groups in total. The molecule has 2 unspecified atom stereocenters. The summed E-state index contributed by atoms with van der Waals surface area (Å²) in [4.78, 5) is 48.4. The summed E-state index contributed by atoms with van der Waals surface area (Å²) in [6.45, 7) is 15.5. The van der Waals surface area contributed by atoms with Crippen LogP contribution in [0.3, 0.4) is 0 Å². The van der Waals surface area contributed by atoms with Gasteiger partial charge in [-0.1, -0.05) is 83.7 Å². The molecule has 4 aliphatic carbocycles. The minimum atomic E-state index is -4.36. The van der Waals surface area contributed by atoms with Gasteiger partial charge in [0, 0.05) is 51.9 Å². The maximum atomic E-state index is 14.3. The first-order valence-electron chi connectivity index (χ1n) is 30.4. The van der Waals surface area contributed by atoms with E-state index >= 15 is 0 Å². The molecule has 19 heteroatoms. The summed E-state index contributed by atoms with van der Waals surface area (Å²) in [5.41, 5.74) is 5.04. The minimum Gasteiger partial charge on any atom is -0.488 e. The molecule has 4 saturated carbocycles. The molecule has 6 aliphatic rings. The fraction of sp³-hybridized carbons (Fsp3) is 0.460. The Morgan fingerprint density at radius 3 is 1.27 bits per heavy atom. The van der Waals surface area contributed by atoms with Gasteiger partial charge in [0.25, 0.3) is 11.8 Å². The number of hydrogen-bond donors (Lipinski definition) is 0. The van der Waals surface area contributed by atoms with Crippen LogP contribution in [-0.2, 0) is 20.0 Å². The number of hydrogen-bond acceptors (Lipinski definition) is 12. The first-order chi connectivity index (χ1) is 40.3. The first kappa shape index (κ1) is 52.9. The van der Waals surface area contributed by atoms with Gasteiger partial charge in [0.2, 0.25) is 20.0 Å². The third-order valence-corrected chi connectivity index (χ3v) is 18.1. The van der Waals surface area contributed by atoms with Crippen molar-refractivity contribution in [3.8, 4) is 34.3 Å². The van der Waals surface area contributed by atoms with Gasteiger partial charge in [0.15, 0.2) is 0 Å².